The Morgan fingerprint density at radius 1 is 1.77 bits per heavy atom. The average Bonchev–Trinajstić information content (AvgIpc) is 2.51. The third-order valence-corrected chi connectivity index (χ3v) is 2.88. The van der Waals surface area contributed by atoms with Gasteiger partial charge in [0.15, 0.2) is 0 Å². The Bertz CT molecular complexity index is 303. The number of thiophene rings is 1. The molecular formula is C9H11ClN2S. The lowest BCUT2D eigenvalue weighted by molar-refractivity contribution is 0.605. The lowest BCUT2D eigenvalue weighted by Crippen LogP contribution is -2.19. The van der Waals surface area contributed by atoms with Gasteiger partial charge in [-0.05, 0) is 13.0 Å². The number of nitriles is 1. The summed E-state index contributed by atoms with van der Waals surface area (Å²) in [7, 11) is 0. The second-order valence-corrected chi connectivity index (χ2v) is 4.32. The molecule has 0 fully saturated rings. The van der Waals surface area contributed by atoms with Crippen molar-refractivity contribution in [2.24, 2.45) is 5.92 Å². The Morgan fingerprint density at radius 2 is 2.54 bits per heavy atom. The van der Waals surface area contributed by atoms with Crippen LogP contribution in [0.3, 0.4) is 0 Å². The first kappa shape index (κ1) is 10.5. The summed E-state index contributed by atoms with van der Waals surface area (Å²) >= 11 is 7.39. The Hall–Kier alpha value is -0.560. The smallest absolute Gasteiger partial charge is 0.0666 e. The molecule has 1 rings (SSSR count). The van der Waals surface area contributed by atoms with E-state index in [-0.39, 0.29) is 5.92 Å². The Labute approximate surface area is 87.1 Å². The van der Waals surface area contributed by atoms with Crippen LogP contribution in [0.1, 0.15) is 11.8 Å². The van der Waals surface area contributed by atoms with Gasteiger partial charge in [-0.3, -0.25) is 0 Å². The van der Waals surface area contributed by atoms with E-state index >= 15 is 0 Å². The average molecular weight is 215 g/mol. The minimum atomic E-state index is 0.0652. The number of nitrogens with one attached hydrogen (secondary N) is 1. The number of rotatable bonds is 4. The molecule has 1 N–H and O–H groups in total. The predicted octanol–water partition coefficient (Wildman–Crippen LogP) is 2.65. The summed E-state index contributed by atoms with van der Waals surface area (Å²) in [6, 6.07) is 4.11. The van der Waals surface area contributed by atoms with Crippen LogP contribution in [0.2, 0.25) is 5.02 Å². The molecule has 1 unspecified atom stereocenters. The van der Waals surface area contributed by atoms with Crippen molar-refractivity contribution >= 4 is 22.9 Å². The van der Waals surface area contributed by atoms with Crippen molar-refractivity contribution in [2.45, 2.75) is 13.5 Å². The van der Waals surface area contributed by atoms with Crippen LogP contribution < -0.4 is 5.32 Å². The lowest BCUT2D eigenvalue weighted by Gasteiger charge is -2.02. The molecule has 0 aromatic carbocycles. The van der Waals surface area contributed by atoms with Crippen LogP contribution in [0.4, 0.5) is 0 Å². The van der Waals surface area contributed by atoms with E-state index in [1.165, 1.54) is 4.88 Å². The third-order valence-electron chi connectivity index (χ3n) is 1.59. The van der Waals surface area contributed by atoms with Crippen LogP contribution in [-0.4, -0.2) is 6.54 Å². The van der Waals surface area contributed by atoms with Crippen molar-refractivity contribution in [3.05, 3.63) is 21.3 Å². The van der Waals surface area contributed by atoms with Gasteiger partial charge in [0.2, 0.25) is 0 Å². The van der Waals surface area contributed by atoms with Gasteiger partial charge in [0.05, 0.1) is 17.0 Å². The van der Waals surface area contributed by atoms with E-state index in [2.05, 4.69) is 11.4 Å². The van der Waals surface area contributed by atoms with E-state index in [1.807, 2.05) is 18.4 Å². The van der Waals surface area contributed by atoms with Gasteiger partial charge in [0, 0.05) is 23.3 Å². The summed E-state index contributed by atoms with van der Waals surface area (Å²) in [4.78, 5) is 1.20. The first-order chi connectivity index (χ1) is 6.22. The van der Waals surface area contributed by atoms with E-state index in [4.69, 9.17) is 16.9 Å². The molecule has 13 heavy (non-hydrogen) atoms. The van der Waals surface area contributed by atoms with Gasteiger partial charge in [-0.1, -0.05) is 11.6 Å². The normalized spacial score (nSPS) is 12.4. The fraction of sp³-hybridized carbons (Fsp3) is 0.444. The molecule has 4 heteroatoms. The van der Waals surface area contributed by atoms with Crippen LogP contribution in [-0.2, 0) is 6.54 Å². The van der Waals surface area contributed by atoms with Gasteiger partial charge in [-0.2, -0.15) is 5.26 Å². The summed E-state index contributed by atoms with van der Waals surface area (Å²) in [6.07, 6.45) is 0. The summed E-state index contributed by atoms with van der Waals surface area (Å²) < 4.78 is 0. The van der Waals surface area contributed by atoms with Crippen molar-refractivity contribution in [3.8, 4) is 6.07 Å². The Morgan fingerprint density at radius 3 is 3.08 bits per heavy atom. The standard InChI is InChI=1S/C9H11ClN2S/c1-7(3-11)4-12-5-9-2-8(10)6-13-9/h2,6-7,12H,4-5H2,1H3. The fourth-order valence-electron chi connectivity index (χ4n) is 0.904. The highest BCUT2D eigenvalue weighted by Crippen LogP contribution is 2.18. The zero-order valence-corrected chi connectivity index (χ0v) is 8.95. The minimum absolute atomic E-state index is 0.0652. The Balaban J connectivity index is 2.25. The quantitative estimate of drug-likeness (QED) is 0.837. The molecule has 2 nitrogen and oxygen atoms in total. The van der Waals surface area contributed by atoms with Crippen molar-refractivity contribution in [1.82, 2.24) is 5.32 Å². The molecule has 0 aliphatic rings. The second kappa shape index (κ2) is 5.23. The van der Waals surface area contributed by atoms with E-state index in [0.717, 1.165) is 18.1 Å². The van der Waals surface area contributed by atoms with Crippen molar-refractivity contribution in [1.29, 1.82) is 5.26 Å². The molecule has 0 aliphatic heterocycles. The third kappa shape index (κ3) is 3.77. The van der Waals surface area contributed by atoms with E-state index < -0.39 is 0 Å². The maximum Gasteiger partial charge on any atom is 0.0666 e. The van der Waals surface area contributed by atoms with Crippen LogP contribution in [0.15, 0.2) is 11.4 Å². The monoisotopic (exact) mass is 214 g/mol. The number of nitrogens with zero attached hydrogens (tertiary/aromatic N) is 1. The largest absolute Gasteiger partial charge is 0.311 e. The molecule has 70 valence electrons. The highest BCUT2D eigenvalue weighted by Gasteiger charge is 2.00. The Kier molecular flexibility index (Phi) is 4.23. The van der Waals surface area contributed by atoms with Crippen LogP contribution >= 0.6 is 22.9 Å². The summed E-state index contributed by atoms with van der Waals surface area (Å²) in [6.45, 7) is 3.42. The molecular weight excluding hydrogens is 204 g/mol. The van der Waals surface area contributed by atoms with Crippen LogP contribution in [0.5, 0.6) is 0 Å². The summed E-state index contributed by atoms with van der Waals surface area (Å²) in [5.41, 5.74) is 0. The van der Waals surface area contributed by atoms with Crippen molar-refractivity contribution in [3.63, 3.8) is 0 Å². The SMILES string of the molecule is CC(C#N)CNCc1cc(Cl)cs1. The lowest BCUT2D eigenvalue weighted by atomic mass is 10.2. The fourth-order valence-corrected chi connectivity index (χ4v) is 1.95. The van der Waals surface area contributed by atoms with Gasteiger partial charge in [0.25, 0.3) is 0 Å². The molecule has 1 aromatic heterocycles. The predicted molar refractivity (Wildman–Crippen MR) is 55.8 cm³/mol. The molecule has 0 saturated heterocycles. The van der Waals surface area contributed by atoms with Crippen LogP contribution in [0, 0.1) is 17.2 Å². The highest BCUT2D eigenvalue weighted by atomic mass is 35.5. The van der Waals surface area contributed by atoms with Gasteiger partial charge in [0.1, 0.15) is 0 Å². The van der Waals surface area contributed by atoms with E-state index in [9.17, 15) is 0 Å². The van der Waals surface area contributed by atoms with E-state index in [1.54, 1.807) is 11.3 Å². The first-order valence-corrected chi connectivity index (χ1v) is 5.31. The summed E-state index contributed by atoms with van der Waals surface area (Å²) in [5, 5.41) is 14.4. The molecule has 0 aliphatic carbocycles. The molecule has 1 heterocycles. The number of hydrogen-bond acceptors (Lipinski definition) is 3. The first-order valence-electron chi connectivity index (χ1n) is 4.05. The van der Waals surface area contributed by atoms with Gasteiger partial charge >= 0.3 is 0 Å². The maximum atomic E-state index is 8.53. The number of hydrogen-bond donors (Lipinski definition) is 1. The zero-order chi connectivity index (χ0) is 9.68. The topological polar surface area (TPSA) is 35.8 Å². The molecule has 0 saturated carbocycles. The molecule has 0 radical (unpaired) electrons. The molecule has 0 bridgehead atoms. The van der Waals surface area contributed by atoms with E-state index in [0.29, 0.717) is 0 Å². The van der Waals surface area contributed by atoms with Gasteiger partial charge in [-0.15, -0.1) is 11.3 Å². The molecule has 1 aromatic rings. The van der Waals surface area contributed by atoms with Crippen LogP contribution in [0.25, 0.3) is 0 Å². The highest BCUT2D eigenvalue weighted by molar-refractivity contribution is 7.10. The van der Waals surface area contributed by atoms with Gasteiger partial charge in [-0.25, -0.2) is 0 Å². The minimum Gasteiger partial charge on any atom is -0.311 e. The summed E-state index contributed by atoms with van der Waals surface area (Å²) in [5.74, 6) is 0.0652. The molecule has 0 amide bonds. The van der Waals surface area contributed by atoms with Crippen molar-refractivity contribution in [2.75, 3.05) is 6.54 Å². The number of halogens is 1. The zero-order valence-electron chi connectivity index (χ0n) is 7.38. The van der Waals surface area contributed by atoms with Gasteiger partial charge < -0.3 is 5.32 Å². The van der Waals surface area contributed by atoms with Crippen molar-refractivity contribution < 1.29 is 0 Å². The maximum absolute atomic E-state index is 8.53. The molecule has 0 spiro atoms. The second-order valence-electron chi connectivity index (χ2n) is 2.89. The molecule has 1 atom stereocenters.